The van der Waals surface area contributed by atoms with E-state index in [1.54, 1.807) is 26.4 Å². The van der Waals surface area contributed by atoms with Gasteiger partial charge in [-0.2, -0.15) is 5.10 Å². The van der Waals surface area contributed by atoms with Crippen LogP contribution in [0.25, 0.3) is 10.9 Å². The predicted molar refractivity (Wildman–Crippen MR) is 129 cm³/mol. The van der Waals surface area contributed by atoms with Crippen LogP contribution in [0.2, 0.25) is 5.15 Å². The van der Waals surface area contributed by atoms with E-state index < -0.39 is 17.9 Å². The van der Waals surface area contributed by atoms with Crippen LogP contribution in [-0.4, -0.2) is 46.9 Å². The van der Waals surface area contributed by atoms with Crippen molar-refractivity contribution in [3.05, 3.63) is 64.3 Å². The summed E-state index contributed by atoms with van der Waals surface area (Å²) in [5, 5.41) is 16.2. The maximum atomic E-state index is 13.0. The molecule has 2 heterocycles. The van der Waals surface area contributed by atoms with Gasteiger partial charge in [-0.1, -0.05) is 23.2 Å². The summed E-state index contributed by atoms with van der Waals surface area (Å²) >= 11 is 6.57. The first-order chi connectivity index (χ1) is 16.3. The second-order valence-electron chi connectivity index (χ2n) is 8.03. The van der Waals surface area contributed by atoms with Crippen LogP contribution in [0.1, 0.15) is 42.0 Å². The smallest absolute Gasteiger partial charge is 0.303 e. The third-order valence-electron chi connectivity index (χ3n) is 5.75. The van der Waals surface area contributed by atoms with Crippen molar-refractivity contribution in [1.29, 1.82) is 0 Å². The number of halogens is 1. The Balaban J connectivity index is 1.76. The monoisotopic (exact) mass is 481 g/mol. The predicted octanol–water partition coefficient (Wildman–Crippen LogP) is 4.76. The molecule has 0 saturated carbocycles. The summed E-state index contributed by atoms with van der Waals surface area (Å²) in [6.07, 6.45) is -0.0779. The van der Waals surface area contributed by atoms with Crippen molar-refractivity contribution >= 4 is 40.1 Å². The number of benzene rings is 2. The Labute approximate surface area is 201 Å². The van der Waals surface area contributed by atoms with E-state index in [1.807, 2.05) is 37.3 Å². The van der Waals surface area contributed by atoms with E-state index in [9.17, 15) is 9.59 Å². The number of carbonyl (C=O) groups excluding carboxylic acids is 1. The number of ether oxygens (including phenoxy) is 2. The molecule has 8 nitrogen and oxygen atoms in total. The fourth-order valence-electron chi connectivity index (χ4n) is 4.02. The van der Waals surface area contributed by atoms with Crippen molar-refractivity contribution in [2.45, 2.75) is 32.2 Å². The van der Waals surface area contributed by atoms with Gasteiger partial charge in [-0.05, 0) is 43.3 Å². The number of amides is 1. The van der Waals surface area contributed by atoms with E-state index >= 15 is 0 Å². The summed E-state index contributed by atoms with van der Waals surface area (Å²) in [5.74, 6) is -0.332. The maximum absolute atomic E-state index is 13.0. The van der Waals surface area contributed by atoms with Gasteiger partial charge in [0, 0.05) is 29.4 Å². The third kappa shape index (κ3) is 4.68. The van der Waals surface area contributed by atoms with E-state index in [-0.39, 0.29) is 18.0 Å². The van der Waals surface area contributed by atoms with Crippen molar-refractivity contribution in [3.63, 3.8) is 0 Å². The summed E-state index contributed by atoms with van der Waals surface area (Å²) in [6, 6.07) is 12.7. The average molecular weight is 482 g/mol. The molecule has 1 amide bonds. The molecule has 0 saturated heterocycles. The molecule has 1 unspecified atom stereocenters. The lowest BCUT2D eigenvalue weighted by Crippen LogP contribution is -2.27. The van der Waals surface area contributed by atoms with Gasteiger partial charge < -0.3 is 14.6 Å². The van der Waals surface area contributed by atoms with E-state index in [4.69, 9.17) is 26.2 Å². The number of carboxylic acid groups (broad SMARTS) is 1. The number of hydrogen-bond donors (Lipinski definition) is 1. The van der Waals surface area contributed by atoms with E-state index in [0.29, 0.717) is 29.2 Å². The third-order valence-corrected chi connectivity index (χ3v) is 6.05. The van der Waals surface area contributed by atoms with Crippen LogP contribution in [0.4, 0.5) is 0 Å². The highest BCUT2D eigenvalue weighted by atomic mass is 35.5. The number of fused-ring (bicyclic) bond motifs is 1. The molecule has 0 radical (unpaired) electrons. The molecular weight excluding hydrogens is 458 g/mol. The molecule has 0 bridgehead atoms. The number of carbonyl (C=O) groups is 2. The van der Waals surface area contributed by atoms with Crippen molar-refractivity contribution in [3.8, 4) is 11.5 Å². The number of hydrogen-bond acceptors (Lipinski definition) is 6. The number of aliphatic carboxylic acids is 1. The van der Waals surface area contributed by atoms with Crippen molar-refractivity contribution < 1.29 is 24.2 Å². The molecule has 1 aromatic heterocycles. The average Bonchev–Trinajstić information content (AvgIpc) is 3.27. The minimum atomic E-state index is -1.05. The van der Waals surface area contributed by atoms with E-state index in [1.165, 1.54) is 5.01 Å². The van der Waals surface area contributed by atoms with Crippen LogP contribution in [-0.2, 0) is 9.59 Å². The molecule has 176 valence electrons. The number of carboxylic acids is 1. The second-order valence-corrected chi connectivity index (χ2v) is 8.39. The number of nitrogens with zero attached hydrogens (tertiary/aromatic N) is 3. The molecule has 34 heavy (non-hydrogen) atoms. The molecule has 1 N–H and O–H groups in total. The van der Waals surface area contributed by atoms with Crippen molar-refractivity contribution in [2.24, 2.45) is 5.10 Å². The standard InChI is InChI=1S/C25H24ClN3O5/c1-14-4-6-18-16(10-14)11-17(25(26)27-18)20-13-19(28-29(20)23(30)8-9-24(31)32)15-5-7-21(33-2)22(12-15)34-3/h4-7,10-12,20H,8-9,13H2,1-3H3,(H,31,32). The lowest BCUT2D eigenvalue weighted by molar-refractivity contribution is -0.141. The first kappa shape index (κ1) is 23.5. The van der Waals surface area contributed by atoms with Gasteiger partial charge in [0.15, 0.2) is 11.5 Å². The topological polar surface area (TPSA) is 101 Å². The summed E-state index contributed by atoms with van der Waals surface area (Å²) in [6.45, 7) is 1.99. The Hall–Kier alpha value is -3.65. The van der Waals surface area contributed by atoms with Crippen LogP contribution >= 0.6 is 11.6 Å². The molecule has 0 fully saturated rings. The van der Waals surface area contributed by atoms with Crippen LogP contribution in [0, 0.1) is 6.92 Å². The van der Waals surface area contributed by atoms with Gasteiger partial charge in [0.1, 0.15) is 5.15 Å². The van der Waals surface area contributed by atoms with Crippen LogP contribution in [0.15, 0.2) is 47.6 Å². The van der Waals surface area contributed by atoms with Gasteiger partial charge in [0.25, 0.3) is 0 Å². The highest BCUT2D eigenvalue weighted by Crippen LogP contribution is 2.39. The second kappa shape index (κ2) is 9.69. The molecular formula is C25H24ClN3O5. The minimum absolute atomic E-state index is 0.174. The zero-order valence-corrected chi connectivity index (χ0v) is 19.8. The van der Waals surface area contributed by atoms with Gasteiger partial charge in [-0.3, -0.25) is 9.59 Å². The molecule has 1 aliphatic rings. The number of methoxy groups -OCH3 is 2. The fraction of sp³-hybridized carbons (Fsp3) is 0.280. The largest absolute Gasteiger partial charge is 0.493 e. The molecule has 0 spiro atoms. The van der Waals surface area contributed by atoms with Crippen LogP contribution in [0.5, 0.6) is 11.5 Å². The molecule has 2 aromatic carbocycles. The molecule has 9 heteroatoms. The number of rotatable bonds is 7. The fourth-order valence-corrected chi connectivity index (χ4v) is 4.30. The highest BCUT2D eigenvalue weighted by Gasteiger charge is 2.35. The van der Waals surface area contributed by atoms with Gasteiger partial charge in [-0.25, -0.2) is 9.99 Å². The Kier molecular flexibility index (Phi) is 6.70. The maximum Gasteiger partial charge on any atom is 0.303 e. The van der Waals surface area contributed by atoms with Crippen molar-refractivity contribution in [2.75, 3.05) is 14.2 Å². The van der Waals surface area contributed by atoms with Crippen molar-refractivity contribution in [1.82, 2.24) is 9.99 Å². The number of aromatic nitrogens is 1. The molecule has 1 aliphatic heterocycles. The Morgan fingerprint density at radius 2 is 1.85 bits per heavy atom. The van der Waals surface area contributed by atoms with Crippen LogP contribution < -0.4 is 9.47 Å². The summed E-state index contributed by atoms with van der Waals surface area (Å²) in [5.41, 5.74) is 3.89. The summed E-state index contributed by atoms with van der Waals surface area (Å²) in [4.78, 5) is 28.6. The number of pyridine rings is 1. The van der Waals surface area contributed by atoms with Gasteiger partial charge in [0.2, 0.25) is 5.91 Å². The molecule has 4 rings (SSSR count). The van der Waals surface area contributed by atoms with E-state index in [0.717, 1.165) is 22.0 Å². The zero-order chi connectivity index (χ0) is 24.4. The first-order valence-corrected chi connectivity index (χ1v) is 11.1. The summed E-state index contributed by atoms with van der Waals surface area (Å²) in [7, 11) is 3.10. The lowest BCUT2D eigenvalue weighted by Gasteiger charge is -2.23. The van der Waals surface area contributed by atoms with Gasteiger partial charge >= 0.3 is 5.97 Å². The quantitative estimate of drug-likeness (QED) is 0.488. The number of hydrazone groups is 1. The SMILES string of the molecule is COc1ccc(C2=NN(C(=O)CCC(=O)O)C(c3cc4cc(C)ccc4nc3Cl)C2)cc1OC. The Morgan fingerprint density at radius 3 is 2.56 bits per heavy atom. The van der Waals surface area contributed by atoms with Gasteiger partial charge in [0.05, 0.1) is 37.9 Å². The Bertz CT molecular complexity index is 1310. The first-order valence-electron chi connectivity index (χ1n) is 10.7. The highest BCUT2D eigenvalue weighted by molar-refractivity contribution is 6.30. The zero-order valence-electron chi connectivity index (χ0n) is 19.0. The minimum Gasteiger partial charge on any atom is -0.493 e. The summed E-state index contributed by atoms with van der Waals surface area (Å²) < 4.78 is 10.7. The normalized spacial score (nSPS) is 15.4. The Morgan fingerprint density at radius 1 is 1.09 bits per heavy atom. The molecule has 1 atom stereocenters. The van der Waals surface area contributed by atoms with Crippen LogP contribution in [0.3, 0.4) is 0 Å². The lowest BCUT2D eigenvalue weighted by atomic mass is 9.97. The van der Waals surface area contributed by atoms with E-state index in [2.05, 4.69) is 10.1 Å². The number of aryl methyl sites for hydroxylation is 1. The molecule has 0 aliphatic carbocycles. The molecule has 3 aromatic rings. The van der Waals surface area contributed by atoms with Gasteiger partial charge in [-0.15, -0.1) is 0 Å².